The highest BCUT2D eigenvalue weighted by Crippen LogP contribution is 2.32. The molecule has 1 aromatic carbocycles. The Bertz CT molecular complexity index is 403. The molecule has 2 rings (SSSR count). The van der Waals surface area contributed by atoms with Crippen LogP contribution in [0.25, 0.3) is 0 Å². The number of aliphatic hydroxyl groups is 1. The lowest BCUT2D eigenvalue weighted by molar-refractivity contribution is -0.123. The number of halogens is 1. The molecule has 1 aromatic rings. The lowest BCUT2D eigenvalue weighted by Gasteiger charge is -2.11. The second-order valence-electron chi connectivity index (χ2n) is 4.45. The van der Waals surface area contributed by atoms with Gasteiger partial charge in [0.1, 0.15) is 5.75 Å². The van der Waals surface area contributed by atoms with Gasteiger partial charge in [0.2, 0.25) is 0 Å². The molecule has 5 heteroatoms. The van der Waals surface area contributed by atoms with E-state index in [2.05, 4.69) is 5.32 Å². The topological polar surface area (TPSA) is 58.6 Å². The van der Waals surface area contributed by atoms with Crippen molar-refractivity contribution in [1.82, 2.24) is 5.32 Å². The molecule has 1 saturated carbocycles. The van der Waals surface area contributed by atoms with Crippen molar-refractivity contribution in [2.75, 3.05) is 13.2 Å². The Hall–Kier alpha value is -1.26. The van der Waals surface area contributed by atoms with Crippen LogP contribution in [-0.4, -0.2) is 30.3 Å². The Kier molecular flexibility index (Phi) is 4.44. The number of aliphatic hydroxyl groups excluding tert-OH is 1. The molecule has 0 saturated heterocycles. The Morgan fingerprint density at radius 1 is 1.44 bits per heavy atom. The summed E-state index contributed by atoms with van der Waals surface area (Å²) in [7, 11) is 0. The van der Waals surface area contributed by atoms with E-state index in [1.807, 2.05) is 0 Å². The van der Waals surface area contributed by atoms with Gasteiger partial charge in [-0.25, -0.2) is 0 Å². The molecule has 18 heavy (non-hydrogen) atoms. The van der Waals surface area contributed by atoms with Gasteiger partial charge in [-0.3, -0.25) is 4.79 Å². The molecule has 2 N–H and O–H groups in total. The summed E-state index contributed by atoms with van der Waals surface area (Å²) in [5, 5.41) is 12.9. The van der Waals surface area contributed by atoms with Gasteiger partial charge in [0.05, 0.1) is 6.10 Å². The van der Waals surface area contributed by atoms with Crippen molar-refractivity contribution < 1.29 is 14.6 Å². The van der Waals surface area contributed by atoms with E-state index in [1.54, 1.807) is 24.3 Å². The minimum Gasteiger partial charge on any atom is -0.484 e. The van der Waals surface area contributed by atoms with Crippen molar-refractivity contribution in [3.63, 3.8) is 0 Å². The summed E-state index contributed by atoms with van der Waals surface area (Å²) in [4.78, 5) is 11.5. The van der Waals surface area contributed by atoms with Gasteiger partial charge in [-0.15, -0.1) is 0 Å². The van der Waals surface area contributed by atoms with Gasteiger partial charge in [0, 0.05) is 11.6 Å². The maximum atomic E-state index is 11.5. The third-order valence-corrected chi connectivity index (χ3v) is 3.11. The van der Waals surface area contributed by atoms with Crippen molar-refractivity contribution in [2.24, 2.45) is 5.92 Å². The van der Waals surface area contributed by atoms with E-state index < -0.39 is 6.10 Å². The summed E-state index contributed by atoms with van der Waals surface area (Å²) in [6, 6.07) is 6.81. The van der Waals surface area contributed by atoms with Crippen LogP contribution < -0.4 is 10.1 Å². The third kappa shape index (κ3) is 4.20. The van der Waals surface area contributed by atoms with Crippen molar-refractivity contribution in [1.29, 1.82) is 0 Å². The van der Waals surface area contributed by atoms with Crippen LogP contribution in [0.5, 0.6) is 5.75 Å². The molecule has 0 radical (unpaired) electrons. The van der Waals surface area contributed by atoms with Crippen LogP contribution in [0, 0.1) is 5.92 Å². The summed E-state index contributed by atoms with van der Waals surface area (Å²) in [5.41, 5.74) is 0. The quantitative estimate of drug-likeness (QED) is 0.825. The van der Waals surface area contributed by atoms with Crippen LogP contribution in [0.15, 0.2) is 24.3 Å². The zero-order valence-electron chi connectivity index (χ0n) is 9.93. The summed E-state index contributed by atoms with van der Waals surface area (Å²) in [5.74, 6) is 0.726. The lowest BCUT2D eigenvalue weighted by Crippen LogP contribution is -2.36. The van der Waals surface area contributed by atoms with Crippen LogP contribution in [0.2, 0.25) is 5.02 Å². The monoisotopic (exact) mass is 269 g/mol. The van der Waals surface area contributed by atoms with Crippen LogP contribution >= 0.6 is 11.6 Å². The minimum atomic E-state index is -0.426. The average Bonchev–Trinajstić information content (AvgIpc) is 3.19. The maximum Gasteiger partial charge on any atom is 0.258 e. The summed E-state index contributed by atoms with van der Waals surface area (Å²) < 4.78 is 5.28. The first-order valence-electron chi connectivity index (χ1n) is 5.98. The second kappa shape index (κ2) is 6.07. The number of carbonyl (C=O) groups is 1. The fraction of sp³-hybridized carbons (Fsp3) is 0.462. The number of amides is 1. The standard InChI is InChI=1S/C13H16ClNO3/c14-10-3-5-11(6-4-10)18-8-13(17)15-7-12(16)9-1-2-9/h3-6,9,12,16H,1-2,7-8H2,(H,15,17). The summed E-state index contributed by atoms with van der Waals surface area (Å²) in [6.07, 6.45) is 1.68. The average molecular weight is 270 g/mol. The normalized spacial score (nSPS) is 16.1. The first kappa shape index (κ1) is 13.2. The highest BCUT2D eigenvalue weighted by Gasteiger charge is 2.29. The van der Waals surface area contributed by atoms with Gasteiger partial charge in [-0.05, 0) is 43.0 Å². The molecule has 1 amide bonds. The molecular formula is C13H16ClNO3. The number of nitrogens with one attached hydrogen (secondary N) is 1. The molecule has 0 heterocycles. The van der Waals surface area contributed by atoms with Crippen molar-refractivity contribution >= 4 is 17.5 Å². The summed E-state index contributed by atoms with van der Waals surface area (Å²) in [6.45, 7) is 0.243. The van der Waals surface area contributed by atoms with E-state index in [4.69, 9.17) is 16.3 Å². The van der Waals surface area contributed by atoms with E-state index in [0.29, 0.717) is 23.2 Å². The van der Waals surface area contributed by atoms with E-state index in [0.717, 1.165) is 12.8 Å². The van der Waals surface area contributed by atoms with Crippen LogP contribution in [0.4, 0.5) is 0 Å². The fourth-order valence-corrected chi connectivity index (χ4v) is 1.72. The molecule has 4 nitrogen and oxygen atoms in total. The van der Waals surface area contributed by atoms with E-state index in [1.165, 1.54) is 0 Å². The van der Waals surface area contributed by atoms with Crippen molar-refractivity contribution in [2.45, 2.75) is 18.9 Å². The van der Waals surface area contributed by atoms with Crippen LogP contribution in [0.1, 0.15) is 12.8 Å². The molecular weight excluding hydrogens is 254 g/mol. The second-order valence-corrected chi connectivity index (χ2v) is 4.89. The largest absolute Gasteiger partial charge is 0.484 e. The van der Waals surface area contributed by atoms with Gasteiger partial charge in [-0.1, -0.05) is 11.6 Å². The number of ether oxygens (including phenoxy) is 1. The van der Waals surface area contributed by atoms with Gasteiger partial charge in [0.25, 0.3) is 5.91 Å². The maximum absolute atomic E-state index is 11.5. The number of rotatable bonds is 6. The highest BCUT2D eigenvalue weighted by atomic mass is 35.5. The van der Waals surface area contributed by atoms with Crippen LogP contribution in [0.3, 0.4) is 0 Å². The summed E-state index contributed by atoms with van der Waals surface area (Å²) >= 11 is 5.73. The van der Waals surface area contributed by atoms with E-state index in [9.17, 15) is 9.90 Å². The van der Waals surface area contributed by atoms with E-state index in [-0.39, 0.29) is 12.5 Å². The molecule has 0 aromatic heterocycles. The fourth-order valence-electron chi connectivity index (χ4n) is 1.60. The molecule has 1 aliphatic carbocycles. The molecule has 0 aliphatic heterocycles. The molecule has 1 atom stereocenters. The Balaban J connectivity index is 1.66. The molecule has 1 fully saturated rings. The predicted molar refractivity (Wildman–Crippen MR) is 68.7 cm³/mol. The molecule has 0 bridgehead atoms. The number of benzene rings is 1. The zero-order chi connectivity index (χ0) is 13.0. The predicted octanol–water partition coefficient (Wildman–Crippen LogP) is 1.61. The molecule has 98 valence electrons. The van der Waals surface area contributed by atoms with Gasteiger partial charge in [0.15, 0.2) is 6.61 Å². The SMILES string of the molecule is O=C(COc1ccc(Cl)cc1)NCC(O)C1CC1. The smallest absolute Gasteiger partial charge is 0.258 e. The van der Waals surface area contributed by atoms with Crippen molar-refractivity contribution in [3.05, 3.63) is 29.3 Å². The lowest BCUT2D eigenvalue weighted by atomic mass is 10.2. The highest BCUT2D eigenvalue weighted by molar-refractivity contribution is 6.30. The third-order valence-electron chi connectivity index (χ3n) is 2.86. The van der Waals surface area contributed by atoms with E-state index >= 15 is 0 Å². The Morgan fingerprint density at radius 3 is 2.72 bits per heavy atom. The molecule has 1 unspecified atom stereocenters. The molecule has 0 spiro atoms. The number of hydrogen-bond acceptors (Lipinski definition) is 3. The first-order valence-corrected chi connectivity index (χ1v) is 6.36. The van der Waals surface area contributed by atoms with Gasteiger partial charge >= 0.3 is 0 Å². The number of carbonyl (C=O) groups excluding carboxylic acids is 1. The minimum absolute atomic E-state index is 0.0565. The van der Waals surface area contributed by atoms with Gasteiger partial charge in [-0.2, -0.15) is 0 Å². The Morgan fingerprint density at radius 2 is 2.11 bits per heavy atom. The number of hydrogen-bond donors (Lipinski definition) is 2. The zero-order valence-corrected chi connectivity index (χ0v) is 10.7. The first-order chi connectivity index (χ1) is 8.65. The molecule has 1 aliphatic rings. The van der Waals surface area contributed by atoms with Gasteiger partial charge < -0.3 is 15.2 Å². The van der Waals surface area contributed by atoms with Crippen molar-refractivity contribution in [3.8, 4) is 5.75 Å². The van der Waals surface area contributed by atoms with Crippen LogP contribution in [-0.2, 0) is 4.79 Å². The Labute approximate surface area is 111 Å².